The Morgan fingerprint density at radius 1 is 1.00 bits per heavy atom. The number of rotatable bonds is 5. The highest BCUT2D eigenvalue weighted by atomic mass is 16.5. The lowest BCUT2D eigenvalue weighted by atomic mass is 10.2. The van der Waals surface area contributed by atoms with Gasteiger partial charge >= 0.3 is 0 Å². The minimum absolute atomic E-state index is 0.185. The molecule has 0 radical (unpaired) electrons. The van der Waals surface area contributed by atoms with Crippen LogP contribution in [-0.2, 0) is 6.61 Å². The number of furan rings is 1. The number of hydrogen-bond acceptors (Lipinski definition) is 8. The minimum Gasteiger partial charge on any atom is -0.485 e. The molecule has 0 aliphatic carbocycles. The molecule has 0 fully saturated rings. The van der Waals surface area contributed by atoms with Crippen LogP contribution in [0.5, 0.6) is 5.75 Å². The smallest absolute Gasteiger partial charge is 0.293 e. The molecule has 1 aromatic carbocycles. The van der Waals surface area contributed by atoms with E-state index in [9.17, 15) is 0 Å². The fourth-order valence-corrected chi connectivity index (χ4v) is 1.95. The van der Waals surface area contributed by atoms with E-state index in [2.05, 4.69) is 20.3 Å². The van der Waals surface area contributed by atoms with E-state index in [-0.39, 0.29) is 6.61 Å². The van der Waals surface area contributed by atoms with E-state index >= 15 is 0 Å². The lowest BCUT2D eigenvalue weighted by Crippen LogP contribution is -1.97. The highest BCUT2D eigenvalue weighted by Crippen LogP contribution is 2.21. The topological polar surface area (TPSA) is 100 Å². The molecule has 0 saturated heterocycles. The quantitative estimate of drug-likeness (QED) is 0.554. The zero-order valence-corrected chi connectivity index (χ0v) is 11.7. The highest BCUT2D eigenvalue weighted by Gasteiger charge is 2.11. The second kappa shape index (κ2) is 5.76. The van der Waals surface area contributed by atoms with Gasteiger partial charge in [0.15, 0.2) is 12.4 Å². The van der Waals surface area contributed by atoms with E-state index in [1.54, 1.807) is 30.5 Å². The Labute approximate surface area is 129 Å². The third kappa shape index (κ3) is 2.82. The van der Waals surface area contributed by atoms with Crippen LogP contribution in [0.15, 0.2) is 62.4 Å². The van der Waals surface area contributed by atoms with Crippen molar-refractivity contribution in [3.05, 3.63) is 54.9 Å². The van der Waals surface area contributed by atoms with Crippen LogP contribution in [0.1, 0.15) is 5.82 Å². The molecule has 0 saturated carbocycles. The van der Waals surface area contributed by atoms with Crippen LogP contribution in [0.4, 0.5) is 0 Å². The molecule has 0 spiro atoms. The van der Waals surface area contributed by atoms with E-state index in [0.717, 1.165) is 5.56 Å². The van der Waals surface area contributed by atoms with Crippen molar-refractivity contribution in [1.29, 1.82) is 0 Å². The van der Waals surface area contributed by atoms with Gasteiger partial charge in [0, 0.05) is 5.56 Å². The van der Waals surface area contributed by atoms with Crippen LogP contribution in [-0.4, -0.2) is 20.3 Å². The normalized spacial score (nSPS) is 10.8. The monoisotopic (exact) mass is 310 g/mol. The largest absolute Gasteiger partial charge is 0.485 e. The van der Waals surface area contributed by atoms with Crippen molar-refractivity contribution in [2.75, 3.05) is 0 Å². The molecule has 8 nitrogen and oxygen atoms in total. The molecule has 0 amide bonds. The molecule has 114 valence electrons. The summed E-state index contributed by atoms with van der Waals surface area (Å²) in [5, 5.41) is 11.3. The van der Waals surface area contributed by atoms with Gasteiger partial charge in [-0.2, -0.15) is 4.98 Å². The highest BCUT2D eigenvalue weighted by molar-refractivity contribution is 5.53. The van der Waals surface area contributed by atoms with Crippen molar-refractivity contribution in [3.8, 4) is 28.9 Å². The summed E-state index contributed by atoms with van der Waals surface area (Å²) in [6, 6.07) is 10.7. The molecular formula is C15H10N4O4. The van der Waals surface area contributed by atoms with E-state index in [0.29, 0.717) is 29.1 Å². The summed E-state index contributed by atoms with van der Waals surface area (Å²) in [7, 11) is 0. The maximum atomic E-state index is 5.61. The van der Waals surface area contributed by atoms with Crippen LogP contribution in [0.25, 0.3) is 23.1 Å². The average molecular weight is 310 g/mol. The second-order valence-corrected chi connectivity index (χ2v) is 4.55. The van der Waals surface area contributed by atoms with Crippen LogP contribution in [0.2, 0.25) is 0 Å². The van der Waals surface area contributed by atoms with Crippen molar-refractivity contribution < 1.29 is 18.1 Å². The predicted molar refractivity (Wildman–Crippen MR) is 76.1 cm³/mol. The van der Waals surface area contributed by atoms with Gasteiger partial charge in [-0.1, -0.05) is 5.16 Å². The summed E-state index contributed by atoms with van der Waals surface area (Å²) < 4.78 is 21.0. The van der Waals surface area contributed by atoms with Gasteiger partial charge < -0.3 is 18.1 Å². The standard InChI is InChI=1S/C15H10N4O4/c1-2-12(20-7-1)15-17-13(19-23-15)8-21-11-5-3-10(4-6-11)14-18-16-9-22-14/h1-7,9H,8H2. The molecule has 0 atom stereocenters. The molecule has 3 aromatic heterocycles. The van der Waals surface area contributed by atoms with Crippen molar-refractivity contribution in [1.82, 2.24) is 20.3 Å². The zero-order chi connectivity index (χ0) is 15.5. The van der Waals surface area contributed by atoms with Crippen LogP contribution < -0.4 is 4.74 Å². The minimum atomic E-state index is 0.185. The van der Waals surface area contributed by atoms with Gasteiger partial charge in [0.2, 0.25) is 18.1 Å². The fraction of sp³-hybridized carbons (Fsp3) is 0.0667. The average Bonchev–Trinajstić information content (AvgIpc) is 3.35. The number of benzene rings is 1. The Morgan fingerprint density at radius 2 is 1.91 bits per heavy atom. The number of aromatic nitrogens is 4. The Hall–Kier alpha value is -3.42. The lowest BCUT2D eigenvalue weighted by Gasteiger charge is -2.03. The first-order chi connectivity index (χ1) is 11.4. The van der Waals surface area contributed by atoms with E-state index in [4.69, 9.17) is 18.1 Å². The van der Waals surface area contributed by atoms with Crippen LogP contribution >= 0.6 is 0 Å². The molecule has 8 heteroatoms. The second-order valence-electron chi connectivity index (χ2n) is 4.55. The number of hydrogen-bond donors (Lipinski definition) is 0. The molecule has 3 heterocycles. The third-order valence-corrected chi connectivity index (χ3v) is 3.03. The summed E-state index contributed by atoms with van der Waals surface area (Å²) in [5.74, 6) is 2.39. The molecule has 4 aromatic rings. The summed E-state index contributed by atoms with van der Waals surface area (Å²) >= 11 is 0. The van der Waals surface area contributed by atoms with E-state index < -0.39 is 0 Å². The van der Waals surface area contributed by atoms with Crippen LogP contribution in [0, 0.1) is 0 Å². The Balaban J connectivity index is 1.41. The van der Waals surface area contributed by atoms with Gasteiger partial charge in [0.25, 0.3) is 5.89 Å². The molecule has 0 aliphatic heterocycles. The van der Waals surface area contributed by atoms with Crippen molar-refractivity contribution in [2.24, 2.45) is 0 Å². The SMILES string of the molecule is c1coc(-c2nc(COc3ccc(-c4nnco4)cc3)no2)c1. The number of ether oxygens (including phenoxy) is 1. The van der Waals surface area contributed by atoms with Gasteiger partial charge in [-0.25, -0.2) is 0 Å². The summed E-state index contributed by atoms with van der Waals surface area (Å²) in [4.78, 5) is 4.20. The molecular weight excluding hydrogens is 300 g/mol. The zero-order valence-electron chi connectivity index (χ0n) is 11.7. The van der Waals surface area contributed by atoms with Crippen molar-refractivity contribution in [2.45, 2.75) is 6.61 Å². The van der Waals surface area contributed by atoms with E-state index in [1.807, 2.05) is 12.1 Å². The third-order valence-electron chi connectivity index (χ3n) is 3.03. The Kier molecular flexibility index (Phi) is 3.32. The Morgan fingerprint density at radius 3 is 2.65 bits per heavy atom. The fourth-order valence-electron chi connectivity index (χ4n) is 1.95. The summed E-state index contributed by atoms with van der Waals surface area (Å²) in [6.07, 6.45) is 2.83. The molecule has 0 bridgehead atoms. The predicted octanol–water partition coefficient (Wildman–Crippen LogP) is 2.96. The van der Waals surface area contributed by atoms with Crippen molar-refractivity contribution in [3.63, 3.8) is 0 Å². The maximum absolute atomic E-state index is 5.61. The van der Waals surface area contributed by atoms with Gasteiger partial charge in [0.1, 0.15) is 5.75 Å². The van der Waals surface area contributed by atoms with E-state index in [1.165, 1.54) is 6.39 Å². The Bertz CT molecular complexity index is 867. The first kappa shape index (κ1) is 13.3. The van der Waals surface area contributed by atoms with Gasteiger partial charge in [-0.15, -0.1) is 10.2 Å². The van der Waals surface area contributed by atoms with Crippen molar-refractivity contribution >= 4 is 0 Å². The van der Waals surface area contributed by atoms with Gasteiger partial charge in [-0.3, -0.25) is 0 Å². The first-order valence-corrected chi connectivity index (χ1v) is 6.74. The summed E-state index contributed by atoms with van der Waals surface area (Å²) in [5.41, 5.74) is 0.814. The molecule has 0 N–H and O–H groups in total. The van der Waals surface area contributed by atoms with Gasteiger partial charge in [-0.05, 0) is 36.4 Å². The van der Waals surface area contributed by atoms with Crippen LogP contribution in [0.3, 0.4) is 0 Å². The lowest BCUT2D eigenvalue weighted by molar-refractivity contribution is 0.287. The maximum Gasteiger partial charge on any atom is 0.293 e. The molecule has 4 rings (SSSR count). The first-order valence-electron chi connectivity index (χ1n) is 6.74. The molecule has 0 unspecified atom stereocenters. The molecule has 23 heavy (non-hydrogen) atoms. The molecule has 0 aliphatic rings. The number of nitrogens with zero attached hydrogens (tertiary/aromatic N) is 4. The summed E-state index contributed by atoms with van der Waals surface area (Å²) in [6.45, 7) is 0.185. The van der Waals surface area contributed by atoms with Gasteiger partial charge in [0.05, 0.1) is 6.26 Å².